The molecule has 0 N–H and O–H groups in total. The molecule has 0 saturated carbocycles. The zero-order chi connectivity index (χ0) is 85.1. The number of aryl methyl sites for hydroxylation is 16. The van der Waals surface area contributed by atoms with Crippen LogP contribution in [0.5, 0.6) is 0 Å². The van der Waals surface area contributed by atoms with Crippen molar-refractivity contribution in [2.75, 3.05) is 0 Å². The number of rotatable bonds is 0. The predicted octanol–water partition coefficient (Wildman–Crippen LogP) is 35.9. The van der Waals surface area contributed by atoms with Crippen LogP contribution in [-0.2, 0) is 5.41 Å². The molecule has 7 heteroatoms. The molecule has 0 unspecified atom stereocenters. The fourth-order valence-electron chi connectivity index (χ4n) is 17.8. The third-order valence-corrected chi connectivity index (χ3v) is 29.5. The van der Waals surface area contributed by atoms with Gasteiger partial charge in [-0.25, -0.2) is 0 Å². The molecule has 7 heterocycles. The lowest BCUT2D eigenvalue weighted by Gasteiger charge is -2.22. The summed E-state index contributed by atoms with van der Waals surface area (Å²) < 4.78 is 29.0. The molecule has 23 aromatic rings. The summed E-state index contributed by atoms with van der Waals surface area (Å²) in [6.07, 6.45) is 0. The van der Waals surface area contributed by atoms with Crippen molar-refractivity contribution < 1.29 is 13.3 Å². The van der Waals surface area contributed by atoms with E-state index in [4.69, 9.17) is 13.3 Å². The molecule has 3 nitrogen and oxygen atoms in total. The van der Waals surface area contributed by atoms with Crippen LogP contribution in [-0.4, -0.2) is 0 Å². The summed E-state index contributed by atoms with van der Waals surface area (Å²) in [5.74, 6) is 0. The van der Waals surface area contributed by atoms with E-state index >= 15 is 0 Å². The molecule has 0 amide bonds. The van der Waals surface area contributed by atoms with Gasteiger partial charge in [-0.1, -0.05) is 280 Å². The average molecular weight is 1660 g/mol. The highest BCUT2D eigenvalue weighted by Gasteiger charge is 2.35. The van der Waals surface area contributed by atoms with Gasteiger partial charge in [-0.15, -0.1) is 45.3 Å². The third kappa shape index (κ3) is 15.7. The smallest absolute Gasteiger partial charge is 0.138 e. The molecule has 0 spiro atoms. The zero-order valence-corrected chi connectivity index (χ0v) is 76.3. The van der Waals surface area contributed by atoms with E-state index < -0.39 is 0 Å². The predicted molar refractivity (Wildman–Crippen MR) is 538 cm³/mol. The van der Waals surface area contributed by atoms with E-state index in [-0.39, 0.29) is 5.41 Å². The van der Waals surface area contributed by atoms with E-state index in [1.807, 2.05) is 69.6 Å². The van der Waals surface area contributed by atoms with E-state index in [2.05, 4.69) is 392 Å². The summed E-state index contributed by atoms with van der Waals surface area (Å²) in [4.78, 5) is 0. The van der Waals surface area contributed by atoms with E-state index in [0.717, 1.165) is 33.5 Å². The van der Waals surface area contributed by atoms with Crippen LogP contribution in [0.15, 0.2) is 304 Å². The number of thiophene rings is 4. The normalized spacial score (nSPS) is 11.9. The summed E-state index contributed by atoms with van der Waals surface area (Å²) in [6.45, 7) is 39.0. The third-order valence-electron chi connectivity index (χ3n) is 24.3. The molecule has 1 aliphatic rings. The van der Waals surface area contributed by atoms with Crippen LogP contribution in [0.4, 0.5) is 0 Å². The van der Waals surface area contributed by atoms with Gasteiger partial charge in [0, 0.05) is 118 Å². The van der Waals surface area contributed by atoms with Gasteiger partial charge in [0.25, 0.3) is 0 Å². The van der Waals surface area contributed by atoms with Crippen LogP contribution >= 0.6 is 45.3 Å². The number of hydrogen-bond acceptors (Lipinski definition) is 7. The second kappa shape index (κ2) is 34.0. The van der Waals surface area contributed by atoms with Crippen LogP contribution in [0.2, 0.25) is 0 Å². The standard InChI is InChI=1S/C17H18.3C14H12O.4C14H12S/c1-11-5-7-13-14-8-6-12(2)10-16(14)17(3,4)15(13)9-11;1-9-5-4-8-12-13(9)11-7-3-6-10(2)14(11)15-12;1-9-5-3-7-11-12-8-4-6-10(2)14(12)15-13(9)11;1-9-7-8-10(2)14-13(9)11-5-3-4-6-12(11)15-14;2*1-9-5-4-8-12-13(9)11-7-3-6-10(2)14(11)15-12;1-9-3-5-11-12-6-4-10(2)8-14(12)15-13(11)7-9;1-9-5-3-7-11-12-8-4-6-10(2)14(12)15-13(9)11/h5-10H,1-4H3;7*3-8H,1-2H3. The lowest BCUT2D eigenvalue weighted by atomic mass is 9.81. The number of benzene rings is 16. The van der Waals surface area contributed by atoms with Gasteiger partial charge in [0.05, 0.1) is 0 Å². The quantitative estimate of drug-likeness (QED) is 0.152. The second-order valence-corrected chi connectivity index (χ2v) is 38.1. The molecule has 0 bridgehead atoms. The van der Waals surface area contributed by atoms with Crippen molar-refractivity contribution in [2.45, 2.75) is 130 Å². The molecule has 16 aromatic carbocycles. The van der Waals surface area contributed by atoms with Gasteiger partial charge in [0.1, 0.15) is 33.5 Å². The van der Waals surface area contributed by atoms with Gasteiger partial charge in [-0.3, -0.25) is 0 Å². The summed E-state index contributed by atoms with van der Waals surface area (Å²) >= 11 is 7.61. The lowest BCUT2D eigenvalue weighted by molar-refractivity contribution is 0.659. The summed E-state index contributed by atoms with van der Waals surface area (Å²) in [6, 6.07) is 104. The van der Waals surface area contributed by atoms with Gasteiger partial charge in [-0.2, -0.15) is 0 Å². The first-order chi connectivity index (χ1) is 58.9. The minimum absolute atomic E-state index is 0.142. The Kier molecular flexibility index (Phi) is 22.9. The fourth-order valence-corrected chi connectivity index (χ4v) is 22.8. The largest absolute Gasteiger partial charge is 0.456 e. The van der Waals surface area contributed by atoms with Crippen molar-refractivity contribution in [1.29, 1.82) is 0 Å². The Bertz CT molecular complexity index is 7280. The molecule has 7 aromatic heterocycles. The lowest BCUT2D eigenvalue weighted by Crippen LogP contribution is -2.15. The van der Waals surface area contributed by atoms with E-state index in [9.17, 15) is 0 Å². The van der Waals surface area contributed by atoms with Gasteiger partial charge >= 0.3 is 0 Å². The molecule has 0 radical (unpaired) electrons. The molecule has 122 heavy (non-hydrogen) atoms. The van der Waals surface area contributed by atoms with Crippen molar-refractivity contribution in [3.63, 3.8) is 0 Å². The highest BCUT2D eigenvalue weighted by Crippen LogP contribution is 2.50. The van der Waals surface area contributed by atoms with E-state index in [0.29, 0.717) is 0 Å². The molecular weight excluding hydrogens is 1560 g/mol. The summed E-state index contributed by atoms with van der Waals surface area (Å²) in [7, 11) is 0. The van der Waals surface area contributed by atoms with Crippen molar-refractivity contribution >= 4 is 192 Å². The number of hydrogen-bond donors (Lipinski definition) is 0. The summed E-state index contributed by atoms with van der Waals surface area (Å²) in [5.41, 5.74) is 32.9. The molecule has 0 atom stereocenters. The van der Waals surface area contributed by atoms with E-state index in [1.165, 1.54) is 224 Å². The Morgan fingerprint density at radius 2 is 0.525 bits per heavy atom. The molecular formula is C115H102O3S4. The number of furan rings is 3. The Morgan fingerprint density at radius 3 is 1.01 bits per heavy atom. The van der Waals surface area contributed by atoms with Crippen molar-refractivity contribution in [2.24, 2.45) is 0 Å². The van der Waals surface area contributed by atoms with Crippen LogP contribution in [0.3, 0.4) is 0 Å². The first-order valence-electron chi connectivity index (χ1n) is 42.2. The zero-order valence-electron chi connectivity index (χ0n) is 73.1. The molecule has 0 aliphatic heterocycles. The number of fused-ring (bicyclic) bond motifs is 24. The second-order valence-electron chi connectivity index (χ2n) is 33.8. The molecule has 0 saturated heterocycles. The van der Waals surface area contributed by atoms with E-state index in [1.54, 1.807) is 0 Å². The van der Waals surface area contributed by atoms with Crippen LogP contribution in [0, 0.1) is 111 Å². The Hall–Kier alpha value is -12.2. The maximum atomic E-state index is 5.91. The topological polar surface area (TPSA) is 39.4 Å². The Morgan fingerprint density at radius 1 is 0.197 bits per heavy atom. The van der Waals surface area contributed by atoms with Crippen LogP contribution in [0.1, 0.15) is 114 Å². The minimum Gasteiger partial charge on any atom is -0.456 e. The van der Waals surface area contributed by atoms with Crippen molar-refractivity contribution in [3.8, 4) is 11.1 Å². The number of para-hydroxylation sites is 4. The molecule has 24 rings (SSSR count). The van der Waals surface area contributed by atoms with Crippen LogP contribution < -0.4 is 0 Å². The SMILES string of the molecule is Cc1ccc(C)c2c1oc1ccccc12.Cc1ccc2c(c1)C(C)(C)c1cc(C)ccc1-2.Cc1ccc2c(c1)sc1cc(C)ccc12.Cc1cccc2c1oc1c(C)cccc12.Cc1cccc2c1oc1cccc(C)c12.Cc1cccc2c1sc1c(C)cccc12.Cc1cccc2c1sc1cccc(C)c12.Cc1cccc2c1sc1cccc(C)c12. The molecule has 0 fully saturated rings. The van der Waals surface area contributed by atoms with Crippen LogP contribution in [0.25, 0.3) is 158 Å². The first-order valence-corrected chi connectivity index (χ1v) is 45.5. The van der Waals surface area contributed by atoms with Gasteiger partial charge in [0.15, 0.2) is 0 Å². The average Bonchev–Trinajstić information content (AvgIpc) is 1.57. The minimum atomic E-state index is 0.142. The van der Waals surface area contributed by atoms with Crippen molar-refractivity contribution in [3.05, 3.63) is 391 Å². The van der Waals surface area contributed by atoms with Gasteiger partial charge < -0.3 is 13.3 Å². The highest BCUT2D eigenvalue weighted by molar-refractivity contribution is 7.27. The molecule has 1 aliphatic carbocycles. The van der Waals surface area contributed by atoms with Gasteiger partial charge in [-0.05, 0) is 247 Å². The molecule has 604 valence electrons. The highest BCUT2D eigenvalue weighted by atomic mass is 32.1. The Balaban J connectivity index is 0.0000000991. The monoisotopic (exact) mass is 1660 g/mol. The maximum Gasteiger partial charge on any atom is 0.138 e. The summed E-state index contributed by atoms with van der Waals surface area (Å²) in [5, 5.41) is 18.6. The Labute approximate surface area is 731 Å². The fraction of sp³-hybridized carbons (Fsp3) is 0.165. The van der Waals surface area contributed by atoms with Gasteiger partial charge in [0.2, 0.25) is 0 Å². The first kappa shape index (κ1) is 82.1. The maximum absolute atomic E-state index is 5.91. The van der Waals surface area contributed by atoms with Crippen molar-refractivity contribution in [1.82, 2.24) is 0 Å².